The van der Waals surface area contributed by atoms with Gasteiger partial charge in [0.15, 0.2) is 0 Å². The molecule has 0 bridgehead atoms. The molecular formula is C21H19F2N3O3. The number of amides is 3. The molecule has 0 atom stereocenters. The molecule has 0 aromatic heterocycles. The predicted octanol–water partition coefficient (Wildman–Crippen LogP) is 1.85. The highest BCUT2D eigenvalue weighted by Crippen LogP contribution is 2.17. The third kappa shape index (κ3) is 5.87. The average Bonchev–Trinajstić information content (AvgIpc) is 2.71. The van der Waals surface area contributed by atoms with Gasteiger partial charge >= 0.3 is 0 Å². The number of likely N-dealkylation sites (N-methyl/N-ethyl adjacent to an activating group) is 1. The molecule has 3 amide bonds. The quantitative estimate of drug-likeness (QED) is 0.698. The Morgan fingerprint density at radius 1 is 1.14 bits per heavy atom. The number of terminal acetylenes is 1. The molecule has 0 heterocycles. The summed E-state index contributed by atoms with van der Waals surface area (Å²) < 4.78 is 26.6. The number of benzene rings is 2. The number of nitrogens with one attached hydrogen (secondary N) is 2. The van der Waals surface area contributed by atoms with Crippen LogP contribution in [0.1, 0.15) is 22.3 Å². The molecule has 0 spiro atoms. The lowest BCUT2D eigenvalue weighted by Crippen LogP contribution is -2.41. The number of carbonyl (C=O) groups excluding carboxylic acids is 3. The molecule has 0 fully saturated rings. The van der Waals surface area contributed by atoms with E-state index in [1.165, 1.54) is 11.9 Å². The Balaban J connectivity index is 2.06. The largest absolute Gasteiger partial charge is 0.358 e. The first-order chi connectivity index (χ1) is 13.8. The van der Waals surface area contributed by atoms with Crippen molar-refractivity contribution in [2.45, 2.75) is 6.42 Å². The smallest absolute Gasteiger partial charge is 0.254 e. The van der Waals surface area contributed by atoms with Crippen molar-refractivity contribution in [1.82, 2.24) is 10.6 Å². The van der Waals surface area contributed by atoms with Gasteiger partial charge in [0.2, 0.25) is 11.8 Å². The zero-order chi connectivity index (χ0) is 21.4. The SMILES string of the molecule is C#Cc1cccc(N(CC(=O)NC)C(=O)CCNC(=O)c2ccc(F)cc2F)c1. The van der Waals surface area contributed by atoms with Gasteiger partial charge in [0.1, 0.15) is 18.2 Å². The van der Waals surface area contributed by atoms with Crippen molar-refractivity contribution < 1.29 is 23.2 Å². The molecule has 0 saturated heterocycles. The van der Waals surface area contributed by atoms with Gasteiger partial charge in [0.05, 0.1) is 5.56 Å². The molecule has 0 aliphatic carbocycles. The summed E-state index contributed by atoms with van der Waals surface area (Å²) in [4.78, 5) is 37.7. The van der Waals surface area contributed by atoms with Gasteiger partial charge in [-0.05, 0) is 30.3 Å². The molecule has 0 aliphatic rings. The second-order valence-corrected chi connectivity index (χ2v) is 5.98. The first-order valence-corrected chi connectivity index (χ1v) is 8.66. The zero-order valence-electron chi connectivity index (χ0n) is 15.7. The van der Waals surface area contributed by atoms with Crippen LogP contribution in [0, 0.1) is 24.0 Å². The van der Waals surface area contributed by atoms with Crippen LogP contribution in [0.25, 0.3) is 0 Å². The topological polar surface area (TPSA) is 78.5 Å². The van der Waals surface area contributed by atoms with Gasteiger partial charge in [0, 0.05) is 37.3 Å². The third-order valence-electron chi connectivity index (χ3n) is 4.01. The molecule has 0 aliphatic heterocycles. The van der Waals surface area contributed by atoms with Crippen molar-refractivity contribution in [3.05, 3.63) is 65.2 Å². The highest BCUT2D eigenvalue weighted by Gasteiger charge is 2.19. The van der Waals surface area contributed by atoms with Crippen LogP contribution in [0.3, 0.4) is 0 Å². The van der Waals surface area contributed by atoms with Gasteiger partial charge in [-0.25, -0.2) is 8.78 Å². The van der Waals surface area contributed by atoms with Gasteiger partial charge in [-0.3, -0.25) is 14.4 Å². The summed E-state index contributed by atoms with van der Waals surface area (Å²) in [6.45, 7) is -0.336. The molecule has 0 saturated carbocycles. The van der Waals surface area contributed by atoms with E-state index in [1.54, 1.807) is 24.3 Å². The van der Waals surface area contributed by atoms with Gasteiger partial charge in [-0.2, -0.15) is 0 Å². The Morgan fingerprint density at radius 3 is 2.55 bits per heavy atom. The van der Waals surface area contributed by atoms with E-state index in [1.807, 2.05) is 0 Å². The molecule has 2 aromatic carbocycles. The molecule has 6 nitrogen and oxygen atoms in total. The van der Waals surface area contributed by atoms with Crippen LogP contribution < -0.4 is 15.5 Å². The fourth-order valence-corrected chi connectivity index (χ4v) is 2.50. The molecule has 2 aromatic rings. The molecule has 150 valence electrons. The standard InChI is InChI=1S/C21H19F2N3O3/c1-3-14-5-4-6-16(11-14)26(13-19(27)24-2)20(28)9-10-25-21(29)17-8-7-15(22)12-18(17)23/h1,4-8,11-12H,9-10,13H2,2H3,(H,24,27)(H,25,29). The Hall–Kier alpha value is -3.73. The normalized spacial score (nSPS) is 10.0. The number of hydrogen-bond donors (Lipinski definition) is 2. The van der Waals surface area contributed by atoms with E-state index in [9.17, 15) is 23.2 Å². The van der Waals surface area contributed by atoms with Gasteiger partial charge in [0.25, 0.3) is 5.91 Å². The maximum absolute atomic E-state index is 13.7. The van der Waals surface area contributed by atoms with E-state index in [2.05, 4.69) is 16.6 Å². The summed E-state index contributed by atoms with van der Waals surface area (Å²) in [5.74, 6) is -0.945. The molecule has 0 unspecified atom stereocenters. The van der Waals surface area contributed by atoms with E-state index in [0.29, 0.717) is 17.3 Å². The first kappa shape index (κ1) is 21.6. The van der Waals surface area contributed by atoms with E-state index >= 15 is 0 Å². The number of nitrogens with zero attached hydrogens (tertiary/aromatic N) is 1. The predicted molar refractivity (Wildman–Crippen MR) is 104 cm³/mol. The molecule has 29 heavy (non-hydrogen) atoms. The number of anilines is 1. The summed E-state index contributed by atoms with van der Waals surface area (Å²) in [5.41, 5.74) is 0.644. The van der Waals surface area contributed by atoms with E-state index in [0.717, 1.165) is 12.1 Å². The Labute approximate surface area is 166 Å². The van der Waals surface area contributed by atoms with Crippen molar-refractivity contribution >= 4 is 23.4 Å². The minimum absolute atomic E-state index is 0.104. The fraction of sp³-hybridized carbons (Fsp3) is 0.190. The number of carbonyl (C=O) groups is 3. The maximum Gasteiger partial charge on any atom is 0.254 e. The van der Waals surface area contributed by atoms with Crippen LogP contribution in [0.2, 0.25) is 0 Å². The third-order valence-corrected chi connectivity index (χ3v) is 4.01. The van der Waals surface area contributed by atoms with Crippen LogP contribution >= 0.6 is 0 Å². The minimum Gasteiger partial charge on any atom is -0.358 e. The lowest BCUT2D eigenvalue weighted by molar-refractivity contribution is -0.123. The second kappa shape index (κ2) is 9.99. The van der Waals surface area contributed by atoms with E-state index in [-0.39, 0.29) is 31.0 Å². The highest BCUT2D eigenvalue weighted by atomic mass is 19.1. The Morgan fingerprint density at radius 2 is 1.90 bits per heavy atom. The zero-order valence-corrected chi connectivity index (χ0v) is 15.7. The molecule has 8 heteroatoms. The Kier molecular flexibility index (Phi) is 7.43. The van der Waals surface area contributed by atoms with Crippen LogP contribution in [0.4, 0.5) is 14.5 Å². The number of rotatable bonds is 7. The number of hydrogen-bond acceptors (Lipinski definition) is 3. The van der Waals surface area contributed by atoms with Crippen LogP contribution in [0.5, 0.6) is 0 Å². The average molecular weight is 399 g/mol. The minimum atomic E-state index is -0.999. The highest BCUT2D eigenvalue weighted by molar-refractivity contribution is 5.99. The van der Waals surface area contributed by atoms with Crippen molar-refractivity contribution in [3.8, 4) is 12.3 Å². The van der Waals surface area contributed by atoms with Gasteiger partial charge < -0.3 is 15.5 Å². The second-order valence-electron chi connectivity index (χ2n) is 5.98. The summed E-state index contributed by atoms with van der Waals surface area (Å²) >= 11 is 0. The Bertz CT molecular complexity index is 970. The summed E-state index contributed by atoms with van der Waals surface area (Å²) in [6, 6.07) is 9.15. The lowest BCUT2D eigenvalue weighted by atomic mass is 10.1. The van der Waals surface area contributed by atoms with E-state index in [4.69, 9.17) is 6.42 Å². The van der Waals surface area contributed by atoms with Crippen LogP contribution in [-0.4, -0.2) is 37.9 Å². The summed E-state index contributed by atoms with van der Waals surface area (Å²) in [6.07, 6.45) is 5.23. The summed E-state index contributed by atoms with van der Waals surface area (Å²) in [7, 11) is 1.44. The summed E-state index contributed by atoms with van der Waals surface area (Å²) in [5, 5.41) is 4.84. The molecule has 2 N–H and O–H groups in total. The first-order valence-electron chi connectivity index (χ1n) is 8.66. The monoisotopic (exact) mass is 399 g/mol. The van der Waals surface area contributed by atoms with Crippen LogP contribution in [0.15, 0.2) is 42.5 Å². The van der Waals surface area contributed by atoms with Crippen molar-refractivity contribution in [2.75, 3.05) is 25.0 Å². The van der Waals surface area contributed by atoms with Gasteiger partial charge in [-0.1, -0.05) is 12.0 Å². The van der Waals surface area contributed by atoms with Crippen molar-refractivity contribution in [2.24, 2.45) is 0 Å². The number of halogens is 2. The molecule has 0 radical (unpaired) electrons. The maximum atomic E-state index is 13.7. The molecule has 2 rings (SSSR count). The van der Waals surface area contributed by atoms with Crippen molar-refractivity contribution in [3.63, 3.8) is 0 Å². The van der Waals surface area contributed by atoms with Gasteiger partial charge in [-0.15, -0.1) is 6.42 Å². The van der Waals surface area contributed by atoms with Crippen molar-refractivity contribution in [1.29, 1.82) is 0 Å². The molecular weight excluding hydrogens is 380 g/mol. The van der Waals surface area contributed by atoms with E-state index < -0.39 is 23.4 Å². The van der Waals surface area contributed by atoms with Crippen LogP contribution in [-0.2, 0) is 9.59 Å². The lowest BCUT2D eigenvalue weighted by Gasteiger charge is -2.22. The fourth-order valence-electron chi connectivity index (χ4n) is 2.50.